The second kappa shape index (κ2) is 4.85. The molecular weight excluding hydrogens is 242 g/mol. The van der Waals surface area contributed by atoms with Crippen LogP contribution in [0.5, 0.6) is 0 Å². The highest BCUT2D eigenvalue weighted by Crippen LogP contribution is 2.10. The molecule has 0 saturated heterocycles. The number of nitrogens with one attached hydrogen (secondary N) is 1. The predicted molar refractivity (Wildman–Crippen MR) is 70.4 cm³/mol. The Morgan fingerprint density at radius 3 is 2.95 bits per heavy atom. The van der Waals surface area contributed by atoms with Crippen LogP contribution in [0.2, 0.25) is 0 Å². The Bertz CT molecular complexity index is 707. The number of fused-ring (bicyclic) bond motifs is 1. The molecule has 19 heavy (non-hydrogen) atoms. The maximum absolute atomic E-state index is 11.9. The number of nitrogens with zero attached hydrogens (tertiary/aromatic N) is 4. The first kappa shape index (κ1) is 11.3. The van der Waals surface area contributed by atoms with Crippen molar-refractivity contribution in [2.24, 2.45) is 0 Å². The number of carbonyl (C=O) groups is 1. The Morgan fingerprint density at radius 1 is 1.21 bits per heavy atom. The molecule has 0 fully saturated rings. The predicted octanol–water partition coefficient (Wildman–Crippen LogP) is 1.46. The van der Waals surface area contributed by atoms with Crippen LogP contribution in [-0.2, 0) is 11.3 Å². The van der Waals surface area contributed by atoms with E-state index in [1.807, 2.05) is 24.3 Å². The minimum absolute atomic E-state index is 0.120. The van der Waals surface area contributed by atoms with Crippen molar-refractivity contribution in [3.8, 4) is 0 Å². The smallest absolute Gasteiger partial charge is 0.246 e. The lowest BCUT2D eigenvalue weighted by atomic mass is 10.3. The fraction of sp³-hybridized carbons (Fsp3) is 0.0769. The summed E-state index contributed by atoms with van der Waals surface area (Å²) in [6.45, 7) is 0.120. The molecule has 0 aliphatic carbocycles. The number of hydrogen-bond acceptors (Lipinski definition) is 4. The van der Waals surface area contributed by atoms with E-state index in [1.165, 1.54) is 0 Å². The number of amides is 1. The Balaban J connectivity index is 1.76. The second-order valence-electron chi connectivity index (χ2n) is 4.03. The van der Waals surface area contributed by atoms with Crippen LogP contribution < -0.4 is 5.32 Å². The molecule has 0 saturated carbocycles. The van der Waals surface area contributed by atoms with Crippen LogP contribution in [0, 0.1) is 0 Å². The summed E-state index contributed by atoms with van der Waals surface area (Å²) in [5.74, 6) is -0.163. The lowest BCUT2D eigenvalue weighted by Crippen LogP contribution is -2.19. The molecule has 1 amide bonds. The van der Waals surface area contributed by atoms with E-state index in [2.05, 4.69) is 20.6 Å². The van der Waals surface area contributed by atoms with Gasteiger partial charge in [-0.3, -0.25) is 9.78 Å². The summed E-state index contributed by atoms with van der Waals surface area (Å²) in [4.78, 5) is 15.8. The highest BCUT2D eigenvalue weighted by Gasteiger charge is 2.08. The van der Waals surface area contributed by atoms with Gasteiger partial charge in [0.05, 0.1) is 17.4 Å². The van der Waals surface area contributed by atoms with Crippen molar-refractivity contribution in [2.45, 2.75) is 6.54 Å². The summed E-state index contributed by atoms with van der Waals surface area (Å²) in [6, 6.07) is 11.1. The largest absolute Gasteiger partial charge is 0.323 e. The first-order valence-electron chi connectivity index (χ1n) is 5.81. The standard InChI is InChI=1S/C13H11N5O/c19-13(15-10-4-3-7-14-8-10)9-18-12-6-2-1-5-11(12)16-17-18/h1-8H,9H2,(H,15,19). The van der Waals surface area contributed by atoms with Crippen molar-refractivity contribution in [3.63, 3.8) is 0 Å². The molecule has 0 atom stereocenters. The van der Waals surface area contributed by atoms with Crippen LogP contribution >= 0.6 is 0 Å². The third kappa shape index (κ3) is 2.42. The second-order valence-corrected chi connectivity index (χ2v) is 4.03. The van der Waals surface area contributed by atoms with Gasteiger partial charge in [-0.1, -0.05) is 17.3 Å². The lowest BCUT2D eigenvalue weighted by molar-refractivity contribution is -0.116. The Labute approximate surface area is 109 Å². The van der Waals surface area contributed by atoms with Crippen LogP contribution in [-0.4, -0.2) is 25.9 Å². The number of anilines is 1. The Morgan fingerprint density at radius 2 is 2.11 bits per heavy atom. The van der Waals surface area contributed by atoms with E-state index in [9.17, 15) is 4.79 Å². The molecule has 0 bridgehead atoms. The van der Waals surface area contributed by atoms with Gasteiger partial charge in [-0.05, 0) is 24.3 Å². The molecule has 2 aromatic heterocycles. The van der Waals surface area contributed by atoms with Gasteiger partial charge in [0.1, 0.15) is 12.1 Å². The van der Waals surface area contributed by atoms with E-state index in [4.69, 9.17) is 0 Å². The number of rotatable bonds is 3. The number of pyridine rings is 1. The van der Waals surface area contributed by atoms with Gasteiger partial charge in [-0.25, -0.2) is 4.68 Å². The summed E-state index contributed by atoms with van der Waals surface area (Å²) in [7, 11) is 0. The molecule has 1 aromatic carbocycles. The van der Waals surface area contributed by atoms with Gasteiger partial charge < -0.3 is 5.32 Å². The molecule has 6 heteroatoms. The van der Waals surface area contributed by atoms with Crippen molar-refractivity contribution in [1.82, 2.24) is 20.0 Å². The molecule has 3 aromatic rings. The Kier molecular flexibility index (Phi) is 2.89. The van der Waals surface area contributed by atoms with Crippen LogP contribution in [0.1, 0.15) is 0 Å². The van der Waals surface area contributed by atoms with E-state index in [-0.39, 0.29) is 12.5 Å². The zero-order valence-corrected chi connectivity index (χ0v) is 10.0. The SMILES string of the molecule is O=C(Cn1nnc2ccccc21)Nc1cccnc1. The molecule has 0 spiro atoms. The third-order valence-electron chi connectivity index (χ3n) is 2.66. The summed E-state index contributed by atoms with van der Waals surface area (Å²) >= 11 is 0. The molecule has 0 unspecified atom stereocenters. The maximum atomic E-state index is 11.9. The monoisotopic (exact) mass is 253 g/mol. The fourth-order valence-electron chi connectivity index (χ4n) is 1.81. The van der Waals surface area contributed by atoms with Crippen molar-refractivity contribution in [1.29, 1.82) is 0 Å². The normalized spacial score (nSPS) is 10.5. The molecule has 6 nitrogen and oxygen atoms in total. The third-order valence-corrected chi connectivity index (χ3v) is 2.66. The zero-order chi connectivity index (χ0) is 13.1. The van der Waals surface area contributed by atoms with E-state index in [0.29, 0.717) is 5.69 Å². The minimum atomic E-state index is -0.163. The molecule has 94 valence electrons. The molecule has 1 N–H and O–H groups in total. The number of aromatic nitrogens is 4. The molecule has 0 radical (unpaired) electrons. The van der Waals surface area contributed by atoms with E-state index in [1.54, 1.807) is 29.2 Å². The van der Waals surface area contributed by atoms with Crippen LogP contribution in [0.25, 0.3) is 11.0 Å². The van der Waals surface area contributed by atoms with Gasteiger partial charge in [0.2, 0.25) is 5.91 Å². The average molecular weight is 253 g/mol. The van der Waals surface area contributed by atoms with Crippen molar-refractivity contribution in [2.75, 3.05) is 5.32 Å². The fourth-order valence-corrected chi connectivity index (χ4v) is 1.81. The van der Waals surface area contributed by atoms with Gasteiger partial charge in [0, 0.05) is 6.20 Å². The summed E-state index contributed by atoms with van der Waals surface area (Å²) < 4.78 is 1.57. The topological polar surface area (TPSA) is 72.7 Å². The van der Waals surface area contributed by atoms with Gasteiger partial charge in [-0.15, -0.1) is 5.10 Å². The average Bonchev–Trinajstić information content (AvgIpc) is 2.83. The Hall–Kier alpha value is -2.76. The van der Waals surface area contributed by atoms with E-state index >= 15 is 0 Å². The highest BCUT2D eigenvalue weighted by atomic mass is 16.2. The molecule has 2 heterocycles. The summed E-state index contributed by atoms with van der Waals surface area (Å²) in [6.07, 6.45) is 3.25. The number of carbonyl (C=O) groups excluding carboxylic acids is 1. The van der Waals surface area contributed by atoms with Gasteiger partial charge >= 0.3 is 0 Å². The molecular formula is C13H11N5O. The zero-order valence-electron chi connectivity index (χ0n) is 10.0. The van der Waals surface area contributed by atoms with Crippen LogP contribution in [0.3, 0.4) is 0 Å². The minimum Gasteiger partial charge on any atom is -0.323 e. The lowest BCUT2D eigenvalue weighted by Gasteiger charge is -2.04. The maximum Gasteiger partial charge on any atom is 0.246 e. The highest BCUT2D eigenvalue weighted by molar-refractivity contribution is 5.91. The van der Waals surface area contributed by atoms with Crippen molar-refractivity contribution >= 4 is 22.6 Å². The number of para-hydroxylation sites is 1. The summed E-state index contributed by atoms with van der Waals surface area (Å²) in [5, 5.41) is 10.7. The van der Waals surface area contributed by atoms with Crippen LogP contribution in [0.15, 0.2) is 48.8 Å². The molecule has 3 rings (SSSR count). The molecule has 0 aliphatic heterocycles. The molecule has 0 aliphatic rings. The van der Waals surface area contributed by atoms with E-state index < -0.39 is 0 Å². The van der Waals surface area contributed by atoms with Gasteiger partial charge in [0.25, 0.3) is 0 Å². The van der Waals surface area contributed by atoms with E-state index in [0.717, 1.165) is 11.0 Å². The number of hydrogen-bond donors (Lipinski definition) is 1. The first-order valence-corrected chi connectivity index (χ1v) is 5.81. The van der Waals surface area contributed by atoms with Crippen LogP contribution in [0.4, 0.5) is 5.69 Å². The van der Waals surface area contributed by atoms with Crippen molar-refractivity contribution in [3.05, 3.63) is 48.8 Å². The van der Waals surface area contributed by atoms with Gasteiger partial charge in [0.15, 0.2) is 0 Å². The van der Waals surface area contributed by atoms with Crippen molar-refractivity contribution < 1.29 is 4.79 Å². The van der Waals surface area contributed by atoms with Gasteiger partial charge in [-0.2, -0.15) is 0 Å². The summed E-state index contributed by atoms with van der Waals surface area (Å²) in [5.41, 5.74) is 2.28. The number of benzene rings is 1. The quantitative estimate of drug-likeness (QED) is 0.767. The first-order chi connectivity index (χ1) is 9.33.